The second-order valence-electron chi connectivity index (χ2n) is 4.28. The van der Waals surface area contributed by atoms with Crippen LogP contribution in [0.15, 0.2) is 6.20 Å². The number of rotatable bonds is 2. The molecule has 0 aliphatic carbocycles. The molecule has 0 radical (unpaired) electrons. The first-order valence-corrected chi connectivity index (χ1v) is 5.71. The van der Waals surface area contributed by atoms with Crippen molar-refractivity contribution < 1.29 is 9.13 Å². The van der Waals surface area contributed by atoms with Gasteiger partial charge in [0.25, 0.3) is 0 Å². The third kappa shape index (κ3) is 2.63. The standard InChI is InChI=1S/C11H17FN4O/c1-7-5-16(6-8(2)17-7)10-9(12)4-14-11(13-3)15-10/h4,7-8H,5-6H2,1-3H3,(H,13,14,15)/t7-,8+. The molecule has 0 bridgehead atoms. The molecule has 1 fully saturated rings. The Morgan fingerprint density at radius 2 is 2.06 bits per heavy atom. The minimum atomic E-state index is -0.398. The summed E-state index contributed by atoms with van der Waals surface area (Å²) in [4.78, 5) is 9.89. The number of ether oxygens (including phenoxy) is 1. The van der Waals surface area contributed by atoms with Crippen LogP contribution < -0.4 is 10.2 Å². The molecule has 1 aliphatic heterocycles. The normalized spacial score (nSPS) is 24.8. The van der Waals surface area contributed by atoms with Crippen LogP contribution in [-0.2, 0) is 4.74 Å². The molecule has 5 nitrogen and oxygen atoms in total. The fourth-order valence-electron chi connectivity index (χ4n) is 2.05. The lowest BCUT2D eigenvalue weighted by molar-refractivity contribution is -0.00565. The molecule has 1 aromatic rings. The fourth-order valence-corrected chi connectivity index (χ4v) is 2.05. The molecule has 6 heteroatoms. The van der Waals surface area contributed by atoms with Crippen molar-refractivity contribution in [1.82, 2.24) is 9.97 Å². The Hall–Kier alpha value is -1.43. The number of halogens is 1. The summed E-state index contributed by atoms with van der Waals surface area (Å²) in [5.41, 5.74) is 0. The highest BCUT2D eigenvalue weighted by molar-refractivity contribution is 5.44. The van der Waals surface area contributed by atoms with E-state index in [0.29, 0.717) is 24.9 Å². The Bertz CT molecular complexity index is 391. The summed E-state index contributed by atoms with van der Waals surface area (Å²) >= 11 is 0. The van der Waals surface area contributed by atoms with E-state index >= 15 is 0 Å². The van der Waals surface area contributed by atoms with E-state index in [0.717, 1.165) is 0 Å². The molecule has 2 atom stereocenters. The molecule has 94 valence electrons. The largest absolute Gasteiger partial charge is 0.372 e. The first kappa shape index (κ1) is 12.0. The van der Waals surface area contributed by atoms with Crippen LogP contribution in [-0.4, -0.2) is 42.3 Å². The molecule has 0 aromatic carbocycles. The van der Waals surface area contributed by atoms with Crippen molar-refractivity contribution in [3.05, 3.63) is 12.0 Å². The molecule has 0 saturated carbocycles. The Morgan fingerprint density at radius 3 is 2.65 bits per heavy atom. The van der Waals surface area contributed by atoms with Gasteiger partial charge < -0.3 is 15.0 Å². The Kier molecular flexibility index (Phi) is 3.42. The van der Waals surface area contributed by atoms with Gasteiger partial charge in [0.15, 0.2) is 11.6 Å². The summed E-state index contributed by atoms with van der Waals surface area (Å²) in [6.07, 6.45) is 1.34. The lowest BCUT2D eigenvalue weighted by Crippen LogP contribution is -2.46. The predicted molar refractivity (Wildman–Crippen MR) is 63.8 cm³/mol. The molecule has 0 amide bonds. The molecule has 2 rings (SSSR count). The topological polar surface area (TPSA) is 50.3 Å². The van der Waals surface area contributed by atoms with Crippen LogP contribution in [0.4, 0.5) is 16.2 Å². The van der Waals surface area contributed by atoms with Gasteiger partial charge in [-0.15, -0.1) is 0 Å². The number of hydrogen-bond acceptors (Lipinski definition) is 5. The lowest BCUT2D eigenvalue weighted by atomic mass is 10.2. The van der Waals surface area contributed by atoms with E-state index in [4.69, 9.17) is 4.74 Å². The highest BCUT2D eigenvalue weighted by atomic mass is 19.1. The van der Waals surface area contributed by atoms with Crippen LogP contribution in [0.2, 0.25) is 0 Å². The van der Waals surface area contributed by atoms with Gasteiger partial charge in [-0.25, -0.2) is 9.37 Å². The lowest BCUT2D eigenvalue weighted by Gasteiger charge is -2.36. The average Bonchev–Trinajstić information content (AvgIpc) is 2.28. The molecule has 1 aliphatic rings. The number of anilines is 2. The SMILES string of the molecule is CNc1ncc(F)c(N2C[C@@H](C)O[C@@H](C)C2)n1. The number of nitrogens with one attached hydrogen (secondary N) is 1. The zero-order valence-electron chi connectivity index (χ0n) is 10.3. The molecular weight excluding hydrogens is 223 g/mol. The molecule has 1 saturated heterocycles. The molecule has 1 aromatic heterocycles. The molecule has 0 spiro atoms. The van der Waals surface area contributed by atoms with Gasteiger partial charge in [0.05, 0.1) is 18.4 Å². The van der Waals surface area contributed by atoms with Gasteiger partial charge in [-0.1, -0.05) is 0 Å². The number of aromatic nitrogens is 2. The fraction of sp³-hybridized carbons (Fsp3) is 0.636. The van der Waals surface area contributed by atoms with Gasteiger partial charge >= 0.3 is 0 Å². The molecule has 0 unspecified atom stereocenters. The number of morpholine rings is 1. The first-order valence-electron chi connectivity index (χ1n) is 5.71. The van der Waals surface area contributed by atoms with Gasteiger partial charge in [-0.05, 0) is 13.8 Å². The van der Waals surface area contributed by atoms with Crippen LogP contribution in [0.3, 0.4) is 0 Å². The van der Waals surface area contributed by atoms with Gasteiger partial charge in [0, 0.05) is 20.1 Å². The van der Waals surface area contributed by atoms with E-state index in [1.54, 1.807) is 7.05 Å². The van der Waals surface area contributed by atoms with Gasteiger partial charge in [0.1, 0.15) is 0 Å². The first-order chi connectivity index (χ1) is 8.10. The smallest absolute Gasteiger partial charge is 0.224 e. The van der Waals surface area contributed by atoms with Crippen LogP contribution >= 0.6 is 0 Å². The third-order valence-electron chi connectivity index (χ3n) is 2.67. The molecule has 17 heavy (non-hydrogen) atoms. The highest BCUT2D eigenvalue weighted by Crippen LogP contribution is 2.21. The zero-order chi connectivity index (χ0) is 12.4. The number of hydrogen-bond donors (Lipinski definition) is 1. The monoisotopic (exact) mass is 240 g/mol. The molecule has 1 N–H and O–H groups in total. The minimum absolute atomic E-state index is 0.0751. The van der Waals surface area contributed by atoms with Crippen molar-refractivity contribution in [1.29, 1.82) is 0 Å². The van der Waals surface area contributed by atoms with Crippen molar-refractivity contribution >= 4 is 11.8 Å². The van der Waals surface area contributed by atoms with Crippen molar-refractivity contribution in [2.75, 3.05) is 30.4 Å². The van der Waals surface area contributed by atoms with Gasteiger partial charge in [-0.2, -0.15) is 4.98 Å². The maximum absolute atomic E-state index is 13.7. The van der Waals surface area contributed by atoms with E-state index in [2.05, 4.69) is 15.3 Å². The molecule has 2 heterocycles. The Balaban J connectivity index is 2.26. The Morgan fingerprint density at radius 1 is 1.41 bits per heavy atom. The molecular formula is C11H17FN4O. The Labute approximate surface area is 100 Å². The van der Waals surface area contributed by atoms with E-state index in [-0.39, 0.29) is 12.2 Å². The van der Waals surface area contributed by atoms with E-state index in [1.165, 1.54) is 6.20 Å². The summed E-state index contributed by atoms with van der Waals surface area (Å²) < 4.78 is 19.3. The van der Waals surface area contributed by atoms with Crippen molar-refractivity contribution in [3.8, 4) is 0 Å². The number of nitrogens with zero attached hydrogens (tertiary/aromatic N) is 3. The zero-order valence-corrected chi connectivity index (χ0v) is 10.3. The summed E-state index contributed by atoms with van der Waals surface area (Å²) in [6.45, 7) is 5.23. The summed E-state index contributed by atoms with van der Waals surface area (Å²) in [6, 6.07) is 0. The van der Waals surface area contributed by atoms with Gasteiger partial charge in [-0.3, -0.25) is 0 Å². The van der Waals surface area contributed by atoms with Crippen LogP contribution in [0, 0.1) is 5.82 Å². The summed E-state index contributed by atoms with van der Waals surface area (Å²) in [5, 5.41) is 2.81. The maximum Gasteiger partial charge on any atom is 0.224 e. The van der Waals surface area contributed by atoms with E-state index < -0.39 is 5.82 Å². The van der Waals surface area contributed by atoms with E-state index in [1.807, 2.05) is 18.7 Å². The van der Waals surface area contributed by atoms with Crippen LogP contribution in [0.1, 0.15) is 13.8 Å². The summed E-state index contributed by atoms with van der Waals surface area (Å²) in [7, 11) is 1.71. The maximum atomic E-state index is 13.7. The van der Waals surface area contributed by atoms with Crippen LogP contribution in [0.25, 0.3) is 0 Å². The van der Waals surface area contributed by atoms with Crippen molar-refractivity contribution in [3.63, 3.8) is 0 Å². The highest BCUT2D eigenvalue weighted by Gasteiger charge is 2.25. The van der Waals surface area contributed by atoms with Crippen molar-refractivity contribution in [2.45, 2.75) is 26.1 Å². The average molecular weight is 240 g/mol. The van der Waals surface area contributed by atoms with Crippen molar-refractivity contribution in [2.24, 2.45) is 0 Å². The second kappa shape index (κ2) is 4.83. The second-order valence-corrected chi connectivity index (χ2v) is 4.28. The van der Waals surface area contributed by atoms with Gasteiger partial charge in [0.2, 0.25) is 5.95 Å². The quantitative estimate of drug-likeness (QED) is 0.843. The van der Waals surface area contributed by atoms with E-state index in [9.17, 15) is 4.39 Å². The summed E-state index contributed by atoms with van der Waals surface area (Å²) in [5.74, 6) is 0.366. The van der Waals surface area contributed by atoms with Crippen LogP contribution in [0.5, 0.6) is 0 Å². The minimum Gasteiger partial charge on any atom is -0.372 e. The predicted octanol–water partition coefficient (Wildman–Crippen LogP) is 1.27. The third-order valence-corrected chi connectivity index (χ3v) is 2.67.